The number of aryl methyl sites for hydroxylation is 2. The van der Waals surface area contributed by atoms with E-state index in [0.717, 1.165) is 86.8 Å². The monoisotopic (exact) mass is 936 g/mol. The number of ether oxygens (including phenoxy) is 2. The highest BCUT2D eigenvalue weighted by atomic mass is 32.1. The first-order valence-corrected chi connectivity index (χ1v) is 24.3. The number of nitrogens with one attached hydrogen (secondary N) is 2. The lowest BCUT2D eigenvalue weighted by Crippen LogP contribution is -2.48. The van der Waals surface area contributed by atoms with Crippen molar-refractivity contribution in [3.05, 3.63) is 89.1 Å². The van der Waals surface area contributed by atoms with Gasteiger partial charge in [0, 0.05) is 56.5 Å². The van der Waals surface area contributed by atoms with Crippen LogP contribution in [0.5, 0.6) is 5.75 Å². The van der Waals surface area contributed by atoms with Gasteiger partial charge in [-0.2, -0.15) is 0 Å². The second-order valence-corrected chi connectivity index (χ2v) is 19.3. The standard InChI is InChI=1S/C49H60N8O7S2/c1-29(2)44(42-19-31(5)55-64-42)47(60)57-27-38(58)23-40(57)46(59)52-25-35-14-13-34(45-32(6)53-28-65-45)21-41(35)62-18-12-10-8-9-11-17-51-48-54-39-16-15-33(22-43(39)66-48)36-20-37(26-50-24-36)56(7)49(61)63-30(3)4/h13-16,19-22,24,26,28-30,38,40,44,58H,8-12,17-18,23,25,27H2,1-7H3,(H,51,54)(H,52,59)/t38-,40+,44-/m1/s1. The number of pyridine rings is 1. The summed E-state index contributed by atoms with van der Waals surface area (Å²) in [5.41, 5.74) is 8.73. The van der Waals surface area contributed by atoms with E-state index in [1.54, 1.807) is 55.1 Å². The second kappa shape index (κ2) is 22.1. The van der Waals surface area contributed by atoms with E-state index in [1.807, 2.05) is 76.5 Å². The number of β-amino-alcohol motifs (C(OH)–C–C–N with tert-alkyl or cyclic N) is 1. The van der Waals surface area contributed by atoms with Gasteiger partial charge in [0.1, 0.15) is 23.5 Å². The largest absolute Gasteiger partial charge is 0.493 e. The lowest BCUT2D eigenvalue weighted by molar-refractivity contribution is -0.141. The second-order valence-electron chi connectivity index (χ2n) is 17.5. The van der Waals surface area contributed by atoms with Gasteiger partial charge >= 0.3 is 6.09 Å². The van der Waals surface area contributed by atoms with Crippen LogP contribution < -0.4 is 20.3 Å². The van der Waals surface area contributed by atoms with E-state index in [9.17, 15) is 19.5 Å². The first-order chi connectivity index (χ1) is 31.7. The summed E-state index contributed by atoms with van der Waals surface area (Å²) in [4.78, 5) is 57.7. The number of rotatable bonds is 20. The molecule has 17 heteroatoms. The zero-order valence-corrected chi connectivity index (χ0v) is 40.3. The van der Waals surface area contributed by atoms with Gasteiger partial charge in [-0.05, 0) is 81.8 Å². The third kappa shape index (κ3) is 11.9. The van der Waals surface area contributed by atoms with Gasteiger partial charge in [-0.3, -0.25) is 19.5 Å². The molecule has 0 radical (unpaired) electrons. The highest BCUT2D eigenvalue weighted by Crippen LogP contribution is 2.35. The van der Waals surface area contributed by atoms with E-state index in [2.05, 4.69) is 31.8 Å². The molecule has 5 heterocycles. The van der Waals surface area contributed by atoms with Crippen LogP contribution in [-0.2, 0) is 20.9 Å². The topological polar surface area (TPSA) is 185 Å². The average Bonchev–Trinajstić information content (AvgIpc) is 4.11. The van der Waals surface area contributed by atoms with Gasteiger partial charge in [0.2, 0.25) is 11.8 Å². The normalized spacial score (nSPS) is 15.4. The number of fused-ring (bicyclic) bond motifs is 1. The fraction of sp³-hybridized carbons (Fsp3) is 0.449. The third-order valence-corrected chi connectivity index (χ3v) is 13.5. The molecule has 1 aliphatic heterocycles. The maximum Gasteiger partial charge on any atom is 0.414 e. The van der Waals surface area contributed by atoms with Crippen molar-refractivity contribution in [2.75, 3.05) is 37.0 Å². The minimum absolute atomic E-state index is 0.0706. The van der Waals surface area contributed by atoms with Gasteiger partial charge in [0.05, 0.1) is 62.7 Å². The van der Waals surface area contributed by atoms with Crippen LogP contribution in [-0.4, -0.2) is 93.0 Å². The van der Waals surface area contributed by atoms with Gasteiger partial charge in [-0.25, -0.2) is 14.8 Å². The quantitative estimate of drug-likeness (QED) is 0.0617. The molecule has 1 aliphatic rings. The van der Waals surface area contributed by atoms with Crippen molar-refractivity contribution in [1.29, 1.82) is 0 Å². The summed E-state index contributed by atoms with van der Waals surface area (Å²) in [6, 6.07) is 15.0. The molecule has 0 unspecified atom stereocenters. The average molecular weight is 937 g/mol. The Bertz CT molecular complexity index is 2610. The number of carbonyl (C=O) groups excluding carboxylic acids is 3. The summed E-state index contributed by atoms with van der Waals surface area (Å²) in [5, 5.41) is 22.0. The molecule has 0 aliphatic carbocycles. The minimum Gasteiger partial charge on any atom is -0.493 e. The molecule has 1 saturated heterocycles. The number of nitrogens with zero attached hydrogens (tertiary/aromatic N) is 6. The molecular weight excluding hydrogens is 877 g/mol. The van der Waals surface area contributed by atoms with Gasteiger partial charge in [-0.1, -0.05) is 67.8 Å². The number of hydrogen-bond donors (Lipinski definition) is 3. The fourth-order valence-electron chi connectivity index (χ4n) is 8.07. The molecule has 350 valence electrons. The molecule has 6 aromatic rings. The molecule has 2 aromatic carbocycles. The molecule has 66 heavy (non-hydrogen) atoms. The predicted molar refractivity (Wildman–Crippen MR) is 259 cm³/mol. The third-order valence-electron chi connectivity index (χ3n) is 11.6. The molecule has 0 bridgehead atoms. The van der Waals surface area contributed by atoms with E-state index in [0.29, 0.717) is 29.5 Å². The number of aliphatic hydroxyl groups excluding tert-OH is 1. The summed E-state index contributed by atoms with van der Waals surface area (Å²) in [7, 11) is 1.68. The van der Waals surface area contributed by atoms with Crippen molar-refractivity contribution in [2.45, 2.75) is 111 Å². The summed E-state index contributed by atoms with van der Waals surface area (Å²) >= 11 is 3.19. The van der Waals surface area contributed by atoms with Gasteiger partial charge < -0.3 is 34.6 Å². The van der Waals surface area contributed by atoms with Crippen LogP contribution in [0.2, 0.25) is 0 Å². The number of hydrogen-bond acceptors (Lipinski definition) is 14. The van der Waals surface area contributed by atoms with Crippen LogP contribution >= 0.6 is 22.7 Å². The van der Waals surface area contributed by atoms with Crippen LogP contribution in [0.4, 0.5) is 15.6 Å². The Kier molecular flexibility index (Phi) is 16.0. The molecule has 3 amide bonds. The number of aromatic nitrogens is 4. The van der Waals surface area contributed by atoms with Crippen molar-refractivity contribution in [1.82, 2.24) is 30.3 Å². The van der Waals surface area contributed by atoms with Crippen molar-refractivity contribution >= 4 is 61.6 Å². The summed E-state index contributed by atoms with van der Waals surface area (Å²) < 4.78 is 18.3. The van der Waals surface area contributed by atoms with Crippen molar-refractivity contribution < 1.29 is 33.5 Å². The van der Waals surface area contributed by atoms with Crippen LogP contribution in [0.1, 0.15) is 94.8 Å². The Labute approximate surface area is 393 Å². The number of benzene rings is 2. The molecule has 15 nitrogen and oxygen atoms in total. The van der Waals surface area contributed by atoms with Gasteiger partial charge in [0.15, 0.2) is 5.13 Å². The minimum atomic E-state index is -0.822. The highest BCUT2D eigenvalue weighted by molar-refractivity contribution is 7.22. The van der Waals surface area contributed by atoms with Gasteiger partial charge in [-0.15, -0.1) is 11.3 Å². The molecule has 3 atom stereocenters. The lowest BCUT2D eigenvalue weighted by Gasteiger charge is -2.28. The number of thiazole rings is 2. The summed E-state index contributed by atoms with van der Waals surface area (Å²) in [5.74, 6) is -0.180. The molecule has 7 rings (SSSR count). The number of unbranched alkanes of at least 4 members (excludes halogenated alkanes) is 4. The zero-order valence-electron chi connectivity index (χ0n) is 38.7. The maximum atomic E-state index is 13.9. The van der Waals surface area contributed by atoms with E-state index in [4.69, 9.17) is 19.0 Å². The molecule has 0 spiro atoms. The molecule has 3 N–H and O–H groups in total. The fourth-order valence-corrected chi connectivity index (χ4v) is 9.81. The number of likely N-dealkylation sites (tertiary alicyclic amines) is 1. The smallest absolute Gasteiger partial charge is 0.414 e. The van der Waals surface area contributed by atoms with E-state index >= 15 is 0 Å². The van der Waals surface area contributed by atoms with E-state index in [-0.39, 0.29) is 43.3 Å². The zero-order chi connectivity index (χ0) is 46.9. The van der Waals surface area contributed by atoms with E-state index < -0.39 is 24.2 Å². The lowest BCUT2D eigenvalue weighted by atomic mass is 9.91. The molecule has 4 aromatic heterocycles. The first kappa shape index (κ1) is 48.0. The number of amides is 3. The van der Waals surface area contributed by atoms with Crippen LogP contribution in [0, 0.1) is 19.8 Å². The van der Waals surface area contributed by atoms with Crippen molar-refractivity contribution in [3.8, 4) is 27.3 Å². The van der Waals surface area contributed by atoms with Crippen molar-refractivity contribution in [3.63, 3.8) is 0 Å². The number of aliphatic hydroxyl groups is 1. The number of anilines is 2. The highest BCUT2D eigenvalue weighted by Gasteiger charge is 2.43. The van der Waals surface area contributed by atoms with Crippen LogP contribution in [0.15, 0.2) is 71.0 Å². The van der Waals surface area contributed by atoms with Gasteiger partial charge in [0.25, 0.3) is 0 Å². The SMILES string of the molecule is Cc1cc([C@H](C(=O)N2C[C@H](O)C[C@H]2C(=O)NCc2ccc(-c3scnc3C)cc2OCCCCCCCNc2nc3ccc(-c4cncc(N(C)C(=O)OC(C)C)c4)cc3s2)C(C)C)on1. The Balaban J connectivity index is 0.883. The predicted octanol–water partition coefficient (Wildman–Crippen LogP) is 9.53. The Morgan fingerprint density at radius 1 is 0.970 bits per heavy atom. The molecular formula is C49H60N8O7S2. The van der Waals surface area contributed by atoms with Crippen LogP contribution in [0.25, 0.3) is 31.8 Å². The Morgan fingerprint density at radius 2 is 1.76 bits per heavy atom. The van der Waals surface area contributed by atoms with E-state index in [1.165, 1.54) is 9.80 Å². The first-order valence-electron chi connectivity index (χ1n) is 22.7. The number of carbonyl (C=O) groups is 3. The Morgan fingerprint density at radius 3 is 2.50 bits per heavy atom. The summed E-state index contributed by atoms with van der Waals surface area (Å²) in [6.45, 7) is 12.9. The molecule has 0 saturated carbocycles. The maximum absolute atomic E-state index is 13.9. The van der Waals surface area contributed by atoms with Crippen LogP contribution in [0.3, 0.4) is 0 Å². The molecule has 1 fully saturated rings. The summed E-state index contributed by atoms with van der Waals surface area (Å²) in [6.07, 6.45) is 7.15. The van der Waals surface area contributed by atoms with Crippen molar-refractivity contribution in [2.24, 2.45) is 5.92 Å². The Hall–Kier alpha value is -5.91.